The zero-order valence-corrected chi connectivity index (χ0v) is 22.4. The van der Waals surface area contributed by atoms with Crippen LogP contribution in [0, 0.1) is 0 Å². The van der Waals surface area contributed by atoms with Crippen LogP contribution in [-0.4, -0.2) is 72.8 Å². The summed E-state index contributed by atoms with van der Waals surface area (Å²) in [5.74, 6) is 0.344. The van der Waals surface area contributed by atoms with Crippen LogP contribution >= 0.6 is 8.53 Å². The number of ether oxygens (including phenoxy) is 2. The molecule has 1 saturated carbocycles. The summed E-state index contributed by atoms with van der Waals surface area (Å²) in [5, 5.41) is 24.7. The maximum absolute atomic E-state index is 12.5. The first-order valence-electron chi connectivity index (χ1n) is 13.0. The third kappa shape index (κ3) is 6.46. The summed E-state index contributed by atoms with van der Waals surface area (Å²) in [6, 6.07) is 9.03. The van der Waals surface area contributed by atoms with Gasteiger partial charge in [-0.05, 0) is 44.7 Å². The number of aliphatic hydroxyl groups is 2. The van der Waals surface area contributed by atoms with Gasteiger partial charge in [0.05, 0.1) is 12.4 Å². The lowest BCUT2D eigenvalue weighted by molar-refractivity contribution is -0.149. The lowest BCUT2D eigenvalue weighted by Gasteiger charge is -2.27. The second kappa shape index (κ2) is 12.5. The Morgan fingerprint density at radius 1 is 1.18 bits per heavy atom. The molecule has 2 aromatic heterocycles. The van der Waals surface area contributed by atoms with Crippen molar-refractivity contribution >= 4 is 31.5 Å². The van der Waals surface area contributed by atoms with Gasteiger partial charge in [0.1, 0.15) is 48.6 Å². The second-order valence-electron chi connectivity index (χ2n) is 9.61. The van der Waals surface area contributed by atoms with Gasteiger partial charge in [0.15, 0.2) is 17.7 Å². The standard InChI is InChI=1S/C25H33N6O7P/c1-15(22-20(33)21(34)25(36-22)31-14-29-19-23(26)27-13-28-24(19)31)37-39(38-17-10-6-3-7-11-17)30-12-18(32)35-16-8-4-2-5-9-16/h3,6-7,10-11,13-16,20-22,25,30,33-34H,2,4-5,8-9,12H2,1H3,(H2,26,27,28). The number of nitrogens with zero attached hydrogens (tertiary/aromatic N) is 4. The monoisotopic (exact) mass is 560 g/mol. The predicted molar refractivity (Wildman–Crippen MR) is 141 cm³/mol. The number of esters is 1. The van der Waals surface area contributed by atoms with Crippen LogP contribution in [0.1, 0.15) is 45.3 Å². The average Bonchev–Trinajstić information content (AvgIpc) is 3.50. The van der Waals surface area contributed by atoms with Crippen molar-refractivity contribution in [1.29, 1.82) is 0 Å². The van der Waals surface area contributed by atoms with Crippen molar-refractivity contribution in [3.05, 3.63) is 43.0 Å². The number of carbonyl (C=O) groups excluding carboxylic acids is 1. The van der Waals surface area contributed by atoms with E-state index in [0.717, 1.165) is 32.1 Å². The molecule has 13 nitrogen and oxygen atoms in total. The van der Waals surface area contributed by atoms with Gasteiger partial charge in [0.2, 0.25) is 0 Å². The molecule has 14 heteroatoms. The zero-order valence-electron chi connectivity index (χ0n) is 21.5. The molecule has 2 fully saturated rings. The van der Waals surface area contributed by atoms with Crippen LogP contribution in [0.3, 0.4) is 0 Å². The third-order valence-electron chi connectivity index (χ3n) is 6.80. The number of nitrogens with two attached hydrogens (primary N) is 1. The number of aliphatic hydroxyl groups excluding tert-OH is 2. The van der Waals surface area contributed by atoms with Crippen LogP contribution < -0.4 is 15.3 Å². The fraction of sp³-hybridized carbons (Fsp3) is 0.520. The summed E-state index contributed by atoms with van der Waals surface area (Å²) < 4.78 is 25.3. The fourth-order valence-corrected chi connectivity index (χ4v) is 5.95. The van der Waals surface area contributed by atoms with Gasteiger partial charge in [-0.3, -0.25) is 9.36 Å². The minimum absolute atomic E-state index is 0.0607. The molecule has 3 heterocycles. The first-order chi connectivity index (χ1) is 18.9. The molecule has 6 atom stereocenters. The number of fused-ring (bicyclic) bond motifs is 1. The Hall–Kier alpha value is -2.93. The quantitative estimate of drug-likeness (QED) is 0.210. The Morgan fingerprint density at radius 3 is 2.72 bits per heavy atom. The smallest absolute Gasteiger partial charge is 0.320 e. The highest BCUT2D eigenvalue weighted by molar-refractivity contribution is 7.45. The fourth-order valence-electron chi connectivity index (χ4n) is 4.78. The minimum atomic E-state index is -1.85. The summed E-state index contributed by atoms with van der Waals surface area (Å²) in [6.45, 7) is 1.59. The van der Waals surface area contributed by atoms with Crippen molar-refractivity contribution in [3.63, 3.8) is 0 Å². The summed E-state index contributed by atoms with van der Waals surface area (Å²) in [7, 11) is -1.85. The molecule has 0 amide bonds. The number of para-hydroxylation sites is 1. The summed E-state index contributed by atoms with van der Waals surface area (Å²) in [4.78, 5) is 24.8. The van der Waals surface area contributed by atoms with Crippen LogP contribution in [-0.2, 0) is 18.8 Å². The number of rotatable bonds is 10. The number of hydrogen-bond acceptors (Lipinski definition) is 12. The van der Waals surface area contributed by atoms with Crippen LogP contribution in [0.25, 0.3) is 11.2 Å². The molecular formula is C25H33N6O7P. The Kier molecular flexibility index (Phi) is 8.85. The van der Waals surface area contributed by atoms with Gasteiger partial charge in [-0.2, -0.15) is 0 Å². The minimum Gasteiger partial charge on any atom is -0.461 e. The van der Waals surface area contributed by atoms with Gasteiger partial charge in [-0.15, -0.1) is 0 Å². The number of imidazole rings is 1. The summed E-state index contributed by atoms with van der Waals surface area (Å²) >= 11 is 0. The molecule has 6 unspecified atom stereocenters. The highest BCUT2D eigenvalue weighted by atomic mass is 31.2. The molecule has 5 rings (SSSR count). The Balaban J connectivity index is 1.25. The molecule has 1 aromatic carbocycles. The van der Waals surface area contributed by atoms with Crippen LogP contribution in [0.15, 0.2) is 43.0 Å². The number of aromatic nitrogens is 4. The normalized spacial score (nSPS) is 25.4. The van der Waals surface area contributed by atoms with E-state index in [1.54, 1.807) is 19.1 Å². The van der Waals surface area contributed by atoms with E-state index in [9.17, 15) is 15.0 Å². The van der Waals surface area contributed by atoms with Crippen LogP contribution in [0.2, 0.25) is 0 Å². The van der Waals surface area contributed by atoms with Crippen molar-refractivity contribution < 1.29 is 33.5 Å². The number of benzene rings is 1. The molecule has 0 radical (unpaired) electrons. The van der Waals surface area contributed by atoms with Crippen molar-refractivity contribution in [2.45, 2.75) is 75.8 Å². The number of nitrogen functional groups attached to an aromatic ring is 1. The molecule has 210 valence electrons. The first kappa shape index (κ1) is 27.6. The Labute approximate surface area is 226 Å². The van der Waals surface area contributed by atoms with E-state index in [1.807, 2.05) is 18.2 Å². The highest BCUT2D eigenvalue weighted by Gasteiger charge is 2.47. The SMILES string of the molecule is CC(OP(NCC(=O)OC1CCCCC1)Oc1ccccc1)C1OC(n2cnc3c(N)ncnc32)C(O)C1O. The molecule has 39 heavy (non-hydrogen) atoms. The molecule has 0 spiro atoms. The topological polar surface area (TPSA) is 176 Å². The average molecular weight is 561 g/mol. The molecule has 5 N–H and O–H groups in total. The molecule has 3 aromatic rings. The largest absolute Gasteiger partial charge is 0.461 e. The maximum atomic E-state index is 12.5. The Bertz CT molecular complexity index is 1240. The molecule has 1 aliphatic heterocycles. The van der Waals surface area contributed by atoms with Gasteiger partial charge >= 0.3 is 14.5 Å². The lowest BCUT2D eigenvalue weighted by Crippen LogP contribution is -2.39. The summed E-state index contributed by atoms with van der Waals surface area (Å²) in [6.07, 6.45) is 2.43. The third-order valence-corrected chi connectivity index (χ3v) is 8.11. The number of carbonyl (C=O) groups is 1. The van der Waals surface area contributed by atoms with E-state index in [-0.39, 0.29) is 24.4 Å². The first-order valence-corrected chi connectivity index (χ1v) is 14.2. The van der Waals surface area contributed by atoms with E-state index in [0.29, 0.717) is 16.9 Å². The lowest BCUT2D eigenvalue weighted by atomic mass is 9.98. The van der Waals surface area contributed by atoms with Crippen LogP contribution in [0.4, 0.5) is 5.82 Å². The predicted octanol–water partition coefficient (Wildman–Crippen LogP) is 2.20. The number of anilines is 1. The van der Waals surface area contributed by atoms with Crippen molar-refractivity contribution in [1.82, 2.24) is 24.6 Å². The molecular weight excluding hydrogens is 527 g/mol. The van der Waals surface area contributed by atoms with Crippen LogP contribution in [0.5, 0.6) is 5.75 Å². The van der Waals surface area contributed by atoms with Crippen molar-refractivity contribution in [3.8, 4) is 5.75 Å². The van der Waals surface area contributed by atoms with Gasteiger partial charge in [0.25, 0.3) is 0 Å². The van der Waals surface area contributed by atoms with Crippen molar-refractivity contribution in [2.75, 3.05) is 12.3 Å². The van der Waals surface area contributed by atoms with Gasteiger partial charge in [0, 0.05) is 0 Å². The highest BCUT2D eigenvalue weighted by Crippen LogP contribution is 2.41. The van der Waals surface area contributed by atoms with E-state index < -0.39 is 39.2 Å². The zero-order chi connectivity index (χ0) is 27.4. The molecule has 2 aliphatic rings. The van der Waals surface area contributed by atoms with E-state index in [2.05, 4.69) is 20.0 Å². The van der Waals surface area contributed by atoms with E-state index in [1.165, 1.54) is 17.2 Å². The molecule has 0 bridgehead atoms. The van der Waals surface area contributed by atoms with Gasteiger partial charge in [-0.25, -0.2) is 20.0 Å². The molecule has 1 aliphatic carbocycles. The maximum Gasteiger partial charge on any atom is 0.320 e. The molecule has 1 saturated heterocycles. The Morgan fingerprint density at radius 2 is 1.95 bits per heavy atom. The van der Waals surface area contributed by atoms with E-state index in [4.69, 9.17) is 24.3 Å². The van der Waals surface area contributed by atoms with Gasteiger partial charge < -0.3 is 34.5 Å². The summed E-state index contributed by atoms with van der Waals surface area (Å²) in [5.41, 5.74) is 6.60. The van der Waals surface area contributed by atoms with Gasteiger partial charge in [-0.1, -0.05) is 24.6 Å². The van der Waals surface area contributed by atoms with E-state index >= 15 is 0 Å². The number of hydrogen-bond donors (Lipinski definition) is 4. The van der Waals surface area contributed by atoms with Crippen molar-refractivity contribution in [2.24, 2.45) is 0 Å². The number of nitrogens with one attached hydrogen (secondary N) is 1. The second-order valence-corrected chi connectivity index (χ2v) is 10.8.